The predicted octanol–water partition coefficient (Wildman–Crippen LogP) is 5.46. The number of para-hydroxylation sites is 1. The zero-order valence-corrected chi connectivity index (χ0v) is 31.7. The summed E-state index contributed by atoms with van der Waals surface area (Å²) >= 11 is 1.71. The minimum absolute atomic E-state index is 0.221. The Balaban J connectivity index is 0.868. The SMILES string of the molecule is COc1cc2nc(C3CCC(CN(C)C4CCN(c5cccc6c5n(C)c(=O)n6C5CCC(=O)NC5=O)CC4)CC3)sc2cc1NC(=O)c1ccccn1. The van der Waals surface area contributed by atoms with Crippen molar-refractivity contribution in [1.82, 2.24) is 29.3 Å². The monoisotopic (exact) mass is 750 g/mol. The van der Waals surface area contributed by atoms with Crippen molar-refractivity contribution in [2.75, 3.05) is 44.0 Å². The summed E-state index contributed by atoms with van der Waals surface area (Å²) in [5, 5.41) is 6.51. The number of fused-ring (bicyclic) bond motifs is 2. The van der Waals surface area contributed by atoms with E-state index in [0.29, 0.717) is 41.4 Å². The number of hydrogen-bond donors (Lipinski definition) is 2. The Bertz CT molecular complexity index is 2270. The first kappa shape index (κ1) is 35.9. The highest BCUT2D eigenvalue weighted by Gasteiger charge is 2.33. The van der Waals surface area contributed by atoms with Gasteiger partial charge < -0.3 is 19.9 Å². The van der Waals surface area contributed by atoms with E-state index in [4.69, 9.17) is 9.72 Å². The number of nitrogens with zero attached hydrogens (tertiary/aromatic N) is 6. The lowest BCUT2D eigenvalue weighted by Crippen LogP contribution is -2.45. The zero-order chi connectivity index (χ0) is 37.5. The normalized spacial score (nSPS) is 21.2. The second-order valence-corrected chi connectivity index (χ2v) is 16.0. The minimum Gasteiger partial charge on any atom is -0.494 e. The van der Waals surface area contributed by atoms with Gasteiger partial charge in [-0.05, 0) is 88.2 Å². The number of imide groups is 1. The molecule has 0 radical (unpaired) electrons. The van der Waals surface area contributed by atoms with Gasteiger partial charge in [-0.2, -0.15) is 0 Å². The highest BCUT2D eigenvalue weighted by molar-refractivity contribution is 7.18. The van der Waals surface area contributed by atoms with E-state index in [0.717, 1.165) is 77.3 Å². The van der Waals surface area contributed by atoms with E-state index in [9.17, 15) is 19.2 Å². The van der Waals surface area contributed by atoms with Crippen molar-refractivity contribution in [3.8, 4) is 5.75 Å². The summed E-state index contributed by atoms with van der Waals surface area (Å²) in [7, 11) is 5.63. The average molecular weight is 751 g/mol. The number of piperidine rings is 2. The van der Waals surface area contributed by atoms with E-state index >= 15 is 0 Å². The molecule has 54 heavy (non-hydrogen) atoms. The highest BCUT2D eigenvalue weighted by atomic mass is 32.1. The van der Waals surface area contributed by atoms with E-state index in [1.807, 2.05) is 24.3 Å². The van der Waals surface area contributed by atoms with Crippen LogP contribution in [0.15, 0.2) is 59.5 Å². The number of imidazole rings is 1. The van der Waals surface area contributed by atoms with Crippen molar-refractivity contribution >= 4 is 61.7 Å². The van der Waals surface area contributed by atoms with Crippen LogP contribution in [-0.4, -0.2) is 81.6 Å². The van der Waals surface area contributed by atoms with Crippen LogP contribution in [0.2, 0.25) is 0 Å². The fourth-order valence-corrected chi connectivity index (χ4v) is 9.85. The number of hydrogen-bond acceptors (Lipinski definition) is 10. The first-order valence-electron chi connectivity index (χ1n) is 18.9. The molecule has 282 valence electrons. The fraction of sp³-hybridized carbons (Fsp3) is 0.450. The molecule has 1 saturated carbocycles. The number of thiazole rings is 1. The van der Waals surface area contributed by atoms with Gasteiger partial charge in [0.15, 0.2) is 0 Å². The molecule has 5 heterocycles. The Kier molecular flexibility index (Phi) is 9.97. The van der Waals surface area contributed by atoms with Crippen LogP contribution in [0.5, 0.6) is 5.75 Å². The summed E-state index contributed by atoms with van der Waals surface area (Å²) in [6.07, 6.45) is 8.76. The molecular weight excluding hydrogens is 705 g/mol. The van der Waals surface area contributed by atoms with Gasteiger partial charge >= 0.3 is 5.69 Å². The predicted molar refractivity (Wildman–Crippen MR) is 210 cm³/mol. The van der Waals surface area contributed by atoms with Gasteiger partial charge in [0.25, 0.3) is 5.91 Å². The highest BCUT2D eigenvalue weighted by Crippen LogP contribution is 2.42. The summed E-state index contributed by atoms with van der Waals surface area (Å²) < 4.78 is 9.86. The van der Waals surface area contributed by atoms with E-state index in [2.05, 4.69) is 38.5 Å². The Morgan fingerprint density at radius 2 is 1.81 bits per heavy atom. The van der Waals surface area contributed by atoms with Crippen molar-refractivity contribution < 1.29 is 19.1 Å². The molecule has 0 bridgehead atoms. The van der Waals surface area contributed by atoms with Gasteiger partial charge in [0.2, 0.25) is 11.8 Å². The van der Waals surface area contributed by atoms with Crippen LogP contribution in [-0.2, 0) is 16.6 Å². The number of amides is 3. The summed E-state index contributed by atoms with van der Waals surface area (Å²) in [6, 6.07) is 14.8. The molecule has 2 aliphatic heterocycles. The number of ether oxygens (including phenoxy) is 1. The third kappa shape index (κ3) is 6.88. The molecule has 0 spiro atoms. The molecule has 3 amide bonds. The van der Waals surface area contributed by atoms with Crippen LogP contribution in [0.25, 0.3) is 21.3 Å². The Labute approximate surface area is 317 Å². The molecular formula is C40H46N8O5S. The number of anilines is 2. The standard InChI is InChI=1S/C40H46N8O5S/c1-45(26-16-19-47(20-17-26)30-8-6-9-31-36(30)46(2)40(52)48(31)32-14-15-35(49)44-38(32)51)23-24-10-12-25(13-11-24)39-43-29-21-33(53-3)28(22-34(29)54-39)42-37(50)27-7-4-5-18-41-27/h4-9,18,21-22,24-26,32H,10-17,19-20,23H2,1-3H3,(H,42,50)(H,44,49,51). The number of aromatic nitrogens is 4. The van der Waals surface area contributed by atoms with E-state index in [-0.39, 0.29) is 23.9 Å². The Hall–Kier alpha value is -5.08. The molecule has 3 aliphatic rings. The van der Waals surface area contributed by atoms with E-state index < -0.39 is 11.9 Å². The quantitative estimate of drug-likeness (QED) is 0.188. The molecule has 1 atom stereocenters. The lowest BCUT2D eigenvalue weighted by atomic mass is 9.82. The lowest BCUT2D eigenvalue weighted by molar-refractivity contribution is -0.135. The fourth-order valence-electron chi connectivity index (χ4n) is 8.70. The van der Waals surface area contributed by atoms with Crippen LogP contribution in [0, 0.1) is 5.92 Å². The maximum Gasteiger partial charge on any atom is 0.329 e. The van der Waals surface area contributed by atoms with Crippen LogP contribution in [0.4, 0.5) is 11.4 Å². The van der Waals surface area contributed by atoms with Crippen LogP contribution >= 0.6 is 11.3 Å². The topological polar surface area (TPSA) is 144 Å². The van der Waals surface area contributed by atoms with Crippen LogP contribution < -0.4 is 26.0 Å². The van der Waals surface area contributed by atoms with Gasteiger partial charge in [0.05, 0.1) is 44.7 Å². The van der Waals surface area contributed by atoms with Crippen LogP contribution in [0.1, 0.15) is 78.8 Å². The number of benzene rings is 2. The molecule has 2 N–H and O–H groups in total. The molecule has 2 saturated heterocycles. The van der Waals surface area contributed by atoms with Gasteiger partial charge in [-0.1, -0.05) is 12.1 Å². The third-order valence-electron chi connectivity index (χ3n) is 11.6. The maximum atomic E-state index is 13.4. The third-order valence-corrected chi connectivity index (χ3v) is 12.8. The van der Waals surface area contributed by atoms with Gasteiger partial charge in [-0.25, -0.2) is 9.78 Å². The number of methoxy groups -OCH3 is 1. The summed E-state index contributed by atoms with van der Waals surface area (Å²) in [5.74, 6) is 0.653. The molecule has 2 aromatic carbocycles. The average Bonchev–Trinajstić information content (AvgIpc) is 3.72. The summed E-state index contributed by atoms with van der Waals surface area (Å²) in [5.41, 5.74) is 4.18. The second-order valence-electron chi connectivity index (χ2n) is 14.9. The Morgan fingerprint density at radius 3 is 2.54 bits per heavy atom. The van der Waals surface area contributed by atoms with Crippen molar-refractivity contribution in [3.05, 3.63) is 75.9 Å². The number of nitrogens with one attached hydrogen (secondary N) is 2. The van der Waals surface area contributed by atoms with Crippen molar-refractivity contribution in [2.24, 2.45) is 13.0 Å². The maximum absolute atomic E-state index is 13.4. The Morgan fingerprint density at radius 1 is 1.02 bits per heavy atom. The van der Waals surface area contributed by atoms with Crippen molar-refractivity contribution in [1.29, 1.82) is 0 Å². The molecule has 3 fully saturated rings. The molecule has 8 rings (SSSR count). The van der Waals surface area contributed by atoms with Crippen molar-refractivity contribution in [2.45, 2.75) is 69.4 Å². The van der Waals surface area contributed by atoms with Gasteiger partial charge in [0.1, 0.15) is 17.5 Å². The van der Waals surface area contributed by atoms with Gasteiger partial charge in [0, 0.05) is 57.3 Å². The van der Waals surface area contributed by atoms with Gasteiger partial charge in [-0.3, -0.25) is 33.8 Å². The second kappa shape index (κ2) is 15.0. The first-order valence-corrected chi connectivity index (χ1v) is 19.7. The molecule has 3 aromatic heterocycles. The number of rotatable bonds is 9. The number of carbonyl (C=O) groups excluding carboxylic acids is 3. The number of aryl methyl sites for hydroxylation is 1. The smallest absolute Gasteiger partial charge is 0.329 e. The largest absolute Gasteiger partial charge is 0.494 e. The molecule has 1 unspecified atom stereocenters. The van der Waals surface area contributed by atoms with Gasteiger partial charge in [-0.15, -0.1) is 11.3 Å². The first-order chi connectivity index (χ1) is 26.2. The lowest BCUT2D eigenvalue weighted by Gasteiger charge is -2.40. The van der Waals surface area contributed by atoms with E-state index in [1.165, 1.54) is 12.8 Å². The van der Waals surface area contributed by atoms with Crippen LogP contribution in [0.3, 0.4) is 0 Å². The summed E-state index contributed by atoms with van der Waals surface area (Å²) in [6.45, 7) is 2.85. The molecule has 14 heteroatoms. The number of carbonyl (C=O) groups is 3. The number of pyridine rings is 1. The van der Waals surface area contributed by atoms with E-state index in [1.54, 1.807) is 59.0 Å². The molecule has 13 nitrogen and oxygen atoms in total. The molecule has 5 aromatic rings. The van der Waals surface area contributed by atoms with Crippen molar-refractivity contribution in [3.63, 3.8) is 0 Å². The minimum atomic E-state index is -0.693. The summed E-state index contributed by atoms with van der Waals surface area (Å²) in [4.78, 5) is 64.8. The zero-order valence-electron chi connectivity index (χ0n) is 30.9. The molecule has 1 aliphatic carbocycles.